The molecule has 3 nitrogen and oxygen atoms in total. The summed E-state index contributed by atoms with van der Waals surface area (Å²) in [5, 5.41) is 1.94. The molecule has 2 N–H and O–H groups in total. The van der Waals surface area contributed by atoms with Crippen LogP contribution < -0.4 is 5.73 Å². The number of fused-ring (bicyclic) bond motifs is 1. The first-order valence-corrected chi connectivity index (χ1v) is 7.66. The van der Waals surface area contributed by atoms with Crippen molar-refractivity contribution in [2.24, 2.45) is 0 Å². The number of nitrogens with zero attached hydrogens (tertiary/aromatic N) is 2. The molecular weight excluding hydrogens is 270 g/mol. The number of hydrogen-bond donors (Lipinski definition) is 1. The van der Waals surface area contributed by atoms with Gasteiger partial charge in [0, 0.05) is 29.4 Å². The van der Waals surface area contributed by atoms with E-state index in [0.29, 0.717) is 12.1 Å². The molecule has 0 unspecified atom stereocenters. The number of rotatable bonds is 2. The Balaban J connectivity index is 1.90. The van der Waals surface area contributed by atoms with Gasteiger partial charge in [-0.25, -0.2) is 0 Å². The lowest BCUT2D eigenvalue weighted by molar-refractivity contribution is 0.197. The third-order valence-corrected chi connectivity index (χ3v) is 4.90. The zero-order chi connectivity index (χ0) is 14.3. The Morgan fingerprint density at radius 2 is 1.90 bits per heavy atom. The second-order valence-corrected chi connectivity index (χ2v) is 6.49. The summed E-state index contributed by atoms with van der Waals surface area (Å²) in [4.78, 5) is 2.34. The fourth-order valence-electron chi connectivity index (χ4n) is 3.38. The lowest BCUT2D eigenvalue weighted by Gasteiger charge is -2.33. The van der Waals surface area contributed by atoms with E-state index in [1.165, 1.54) is 31.2 Å². The summed E-state index contributed by atoms with van der Waals surface area (Å²) < 4.78 is 2.33. The molecule has 1 saturated carbocycles. The predicted molar refractivity (Wildman–Crippen MR) is 86.3 cm³/mol. The second kappa shape index (κ2) is 5.30. The molecule has 3 rings (SSSR count). The zero-order valence-corrected chi connectivity index (χ0v) is 12.9. The summed E-state index contributed by atoms with van der Waals surface area (Å²) in [5.41, 5.74) is 7.90. The molecule has 0 atom stereocenters. The van der Waals surface area contributed by atoms with Crippen LogP contribution in [-0.2, 0) is 0 Å². The second-order valence-electron chi connectivity index (χ2n) is 6.09. The molecular formula is C16H22ClN3. The normalized spacial score (nSPS) is 23.6. The van der Waals surface area contributed by atoms with Gasteiger partial charge in [0.05, 0.1) is 10.5 Å². The molecule has 20 heavy (non-hydrogen) atoms. The molecule has 1 aromatic heterocycles. The number of nitrogen functional groups attached to an aromatic ring is 1. The van der Waals surface area contributed by atoms with E-state index in [9.17, 15) is 0 Å². The Morgan fingerprint density at radius 1 is 1.20 bits per heavy atom. The standard InChI is InChI=1S/C16H22ClN3/c1-19(2)12-4-6-13(7-5-12)20-10-15(17)14-8-3-11(18)9-16(14)20/h3,8-10,12-13H,4-7,18H2,1-2H3. The van der Waals surface area contributed by atoms with Crippen LogP contribution >= 0.6 is 11.6 Å². The molecule has 0 amide bonds. The van der Waals surface area contributed by atoms with Crippen LogP contribution in [0.3, 0.4) is 0 Å². The van der Waals surface area contributed by atoms with Gasteiger partial charge in [-0.05, 0) is 58.0 Å². The van der Waals surface area contributed by atoms with Crippen molar-refractivity contribution in [3.63, 3.8) is 0 Å². The van der Waals surface area contributed by atoms with Crippen LogP contribution in [0.5, 0.6) is 0 Å². The first-order valence-electron chi connectivity index (χ1n) is 7.28. The maximum absolute atomic E-state index is 6.36. The highest BCUT2D eigenvalue weighted by Crippen LogP contribution is 2.36. The summed E-state index contributed by atoms with van der Waals surface area (Å²) in [7, 11) is 4.35. The molecule has 0 aliphatic heterocycles. The summed E-state index contributed by atoms with van der Waals surface area (Å²) in [6.45, 7) is 0. The lowest BCUT2D eigenvalue weighted by atomic mass is 9.90. The third-order valence-electron chi connectivity index (χ3n) is 4.60. The molecule has 0 saturated heterocycles. The topological polar surface area (TPSA) is 34.2 Å². The van der Waals surface area contributed by atoms with Crippen molar-refractivity contribution in [2.45, 2.75) is 37.8 Å². The molecule has 0 spiro atoms. The average Bonchev–Trinajstić information content (AvgIpc) is 2.75. The van der Waals surface area contributed by atoms with Crippen LogP contribution in [0.2, 0.25) is 5.02 Å². The van der Waals surface area contributed by atoms with Crippen molar-refractivity contribution < 1.29 is 0 Å². The minimum Gasteiger partial charge on any atom is -0.399 e. The lowest BCUT2D eigenvalue weighted by Crippen LogP contribution is -2.32. The van der Waals surface area contributed by atoms with Gasteiger partial charge < -0.3 is 15.2 Å². The number of anilines is 1. The van der Waals surface area contributed by atoms with Gasteiger partial charge in [0.25, 0.3) is 0 Å². The van der Waals surface area contributed by atoms with E-state index < -0.39 is 0 Å². The van der Waals surface area contributed by atoms with Gasteiger partial charge in [-0.3, -0.25) is 0 Å². The largest absolute Gasteiger partial charge is 0.399 e. The van der Waals surface area contributed by atoms with Crippen LogP contribution in [0.25, 0.3) is 10.9 Å². The summed E-state index contributed by atoms with van der Waals surface area (Å²) >= 11 is 6.36. The number of halogens is 1. The zero-order valence-electron chi connectivity index (χ0n) is 12.1. The van der Waals surface area contributed by atoms with E-state index >= 15 is 0 Å². The molecule has 1 heterocycles. The molecule has 1 aliphatic rings. The van der Waals surface area contributed by atoms with E-state index in [-0.39, 0.29) is 0 Å². The fourth-order valence-corrected chi connectivity index (χ4v) is 3.65. The number of aromatic nitrogens is 1. The highest BCUT2D eigenvalue weighted by molar-refractivity contribution is 6.35. The Hall–Kier alpha value is -1.19. The van der Waals surface area contributed by atoms with Crippen molar-refractivity contribution in [1.29, 1.82) is 0 Å². The highest BCUT2D eigenvalue weighted by atomic mass is 35.5. The van der Waals surface area contributed by atoms with Crippen LogP contribution in [0.4, 0.5) is 5.69 Å². The van der Waals surface area contributed by atoms with Gasteiger partial charge in [-0.2, -0.15) is 0 Å². The van der Waals surface area contributed by atoms with Gasteiger partial charge in [-0.15, -0.1) is 0 Å². The molecule has 1 aliphatic carbocycles. The molecule has 2 aromatic rings. The average molecular weight is 292 g/mol. The summed E-state index contributed by atoms with van der Waals surface area (Å²) in [6, 6.07) is 7.24. The minimum atomic E-state index is 0.544. The molecule has 0 radical (unpaired) electrons. The van der Waals surface area contributed by atoms with Crippen LogP contribution in [-0.4, -0.2) is 29.6 Å². The molecule has 4 heteroatoms. The molecule has 108 valence electrons. The van der Waals surface area contributed by atoms with E-state index in [1.807, 2.05) is 18.2 Å². The Labute approximate surface area is 125 Å². The Kier molecular flexibility index (Phi) is 3.65. The first-order chi connectivity index (χ1) is 9.56. The summed E-state index contributed by atoms with van der Waals surface area (Å²) in [5.74, 6) is 0. The van der Waals surface area contributed by atoms with E-state index in [1.54, 1.807) is 0 Å². The van der Waals surface area contributed by atoms with Crippen molar-refractivity contribution >= 4 is 28.2 Å². The smallest absolute Gasteiger partial charge is 0.0661 e. The van der Waals surface area contributed by atoms with Crippen molar-refractivity contribution in [2.75, 3.05) is 19.8 Å². The van der Waals surface area contributed by atoms with Crippen LogP contribution in [0.1, 0.15) is 31.7 Å². The van der Waals surface area contributed by atoms with E-state index in [4.69, 9.17) is 17.3 Å². The van der Waals surface area contributed by atoms with Gasteiger partial charge >= 0.3 is 0 Å². The fraction of sp³-hybridized carbons (Fsp3) is 0.500. The van der Waals surface area contributed by atoms with Crippen molar-refractivity contribution in [3.05, 3.63) is 29.4 Å². The predicted octanol–water partition coefficient (Wildman–Crippen LogP) is 3.92. The molecule has 0 bridgehead atoms. The van der Waals surface area contributed by atoms with E-state index in [2.05, 4.69) is 29.8 Å². The number of hydrogen-bond acceptors (Lipinski definition) is 2. The molecule has 1 aromatic carbocycles. The first kappa shape index (κ1) is 13.8. The van der Waals surface area contributed by atoms with E-state index in [0.717, 1.165) is 16.1 Å². The van der Waals surface area contributed by atoms with Gasteiger partial charge in [0.15, 0.2) is 0 Å². The monoisotopic (exact) mass is 291 g/mol. The SMILES string of the molecule is CN(C)C1CCC(n2cc(Cl)c3ccc(N)cc32)CC1. The Bertz CT molecular complexity index is 609. The quantitative estimate of drug-likeness (QED) is 0.851. The van der Waals surface area contributed by atoms with Crippen molar-refractivity contribution in [1.82, 2.24) is 9.47 Å². The number of nitrogens with two attached hydrogens (primary N) is 1. The Morgan fingerprint density at radius 3 is 2.55 bits per heavy atom. The van der Waals surface area contributed by atoms with Gasteiger partial charge in [-0.1, -0.05) is 11.6 Å². The minimum absolute atomic E-state index is 0.544. The van der Waals surface area contributed by atoms with Gasteiger partial charge in [0.2, 0.25) is 0 Å². The third kappa shape index (κ3) is 2.40. The highest BCUT2D eigenvalue weighted by Gasteiger charge is 2.24. The summed E-state index contributed by atoms with van der Waals surface area (Å²) in [6.07, 6.45) is 6.98. The molecule has 1 fully saturated rings. The maximum Gasteiger partial charge on any atom is 0.0661 e. The van der Waals surface area contributed by atoms with Gasteiger partial charge in [0.1, 0.15) is 0 Å². The van der Waals surface area contributed by atoms with Crippen LogP contribution in [0.15, 0.2) is 24.4 Å². The number of benzene rings is 1. The maximum atomic E-state index is 6.36. The van der Waals surface area contributed by atoms with Crippen molar-refractivity contribution in [3.8, 4) is 0 Å². The van der Waals surface area contributed by atoms with Crippen LogP contribution in [0, 0.1) is 0 Å².